The SMILES string of the molecule is Nc1c(Nc2cc(C(F)(F)F)ccc2Cl)ncnc1N1CCC(Cc2ccccc2)CC1. The number of hydrogen-bond acceptors (Lipinski definition) is 5. The molecule has 3 aromatic rings. The molecule has 1 aromatic heterocycles. The van der Waals surface area contributed by atoms with Crippen molar-refractivity contribution in [1.82, 2.24) is 9.97 Å². The summed E-state index contributed by atoms with van der Waals surface area (Å²) in [5, 5.41) is 2.98. The van der Waals surface area contributed by atoms with E-state index < -0.39 is 11.7 Å². The highest BCUT2D eigenvalue weighted by molar-refractivity contribution is 6.33. The van der Waals surface area contributed by atoms with E-state index in [4.69, 9.17) is 17.3 Å². The fraction of sp³-hybridized carbons (Fsp3) is 0.304. The van der Waals surface area contributed by atoms with Gasteiger partial charge < -0.3 is 16.0 Å². The van der Waals surface area contributed by atoms with E-state index >= 15 is 0 Å². The number of halogens is 4. The van der Waals surface area contributed by atoms with Crippen molar-refractivity contribution in [3.8, 4) is 0 Å². The molecule has 1 aliphatic heterocycles. The van der Waals surface area contributed by atoms with Gasteiger partial charge in [0.1, 0.15) is 12.0 Å². The zero-order valence-corrected chi connectivity index (χ0v) is 18.0. The van der Waals surface area contributed by atoms with Gasteiger partial charge in [0.15, 0.2) is 11.6 Å². The van der Waals surface area contributed by atoms with E-state index in [2.05, 4.69) is 44.5 Å². The van der Waals surface area contributed by atoms with Crippen LogP contribution in [0.15, 0.2) is 54.9 Å². The molecule has 5 nitrogen and oxygen atoms in total. The number of aromatic nitrogens is 2. The molecule has 0 spiro atoms. The first-order valence-corrected chi connectivity index (χ1v) is 10.7. The molecular formula is C23H23ClF3N5. The molecule has 1 fully saturated rings. The van der Waals surface area contributed by atoms with Gasteiger partial charge in [-0.1, -0.05) is 41.9 Å². The Bertz CT molecular complexity index is 1070. The highest BCUT2D eigenvalue weighted by Gasteiger charge is 2.31. The Hall–Kier alpha value is -3.00. The van der Waals surface area contributed by atoms with Crippen LogP contribution in [-0.4, -0.2) is 23.1 Å². The fourth-order valence-corrected chi connectivity index (χ4v) is 4.12. The number of nitrogens with two attached hydrogens (primary N) is 1. The molecule has 2 aromatic carbocycles. The van der Waals surface area contributed by atoms with Gasteiger partial charge in [0.2, 0.25) is 0 Å². The highest BCUT2D eigenvalue weighted by atomic mass is 35.5. The molecule has 1 aliphatic rings. The zero-order chi connectivity index (χ0) is 22.7. The van der Waals surface area contributed by atoms with E-state index in [1.54, 1.807) is 0 Å². The second kappa shape index (κ2) is 9.24. The molecule has 0 unspecified atom stereocenters. The predicted octanol–water partition coefficient (Wildman–Crippen LogP) is 5.93. The molecule has 9 heteroatoms. The summed E-state index contributed by atoms with van der Waals surface area (Å²) >= 11 is 6.10. The molecule has 32 heavy (non-hydrogen) atoms. The predicted molar refractivity (Wildman–Crippen MR) is 121 cm³/mol. The molecule has 0 atom stereocenters. The molecular weight excluding hydrogens is 439 g/mol. The standard InChI is InChI=1S/C23H23ClF3N5/c24-18-7-6-17(23(25,26)27)13-19(18)31-21-20(28)22(30-14-29-21)32-10-8-16(9-11-32)12-15-4-2-1-3-5-15/h1-7,13-14,16H,8-12,28H2,(H,29,30,31). The van der Waals surface area contributed by atoms with Crippen LogP contribution in [0.4, 0.5) is 36.2 Å². The normalized spacial score (nSPS) is 15.1. The fourth-order valence-electron chi connectivity index (χ4n) is 3.96. The lowest BCUT2D eigenvalue weighted by molar-refractivity contribution is -0.137. The van der Waals surface area contributed by atoms with Crippen LogP contribution in [0.3, 0.4) is 0 Å². The summed E-state index contributed by atoms with van der Waals surface area (Å²) in [7, 11) is 0. The third-order valence-corrected chi connectivity index (χ3v) is 6.02. The number of piperidine rings is 1. The van der Waals surface area contributed by atoms with Gasteiger partial charge in [0.25, 0.3) is 0 Å². The molecule has 0 aliphatic carbocycles. The number of benzene rings is 2. The molecule has 1 saturated heterocycles. The Morgan fingerprint density at radius 2 is 1.78 bits per heavy atom. The quantitative estimate of drug-likeness (QED) is 0.492. The lowest BCUT2D eigenvalue weighted by atomic mass is 9.90. The van der Waals surface area contributed by atoms with Crippen LogP contribution in [-0.2, 0) is 12.6 Å². The van der Waals surface area contributed by atoms with Crippen LogP contribution in [0.5, 0.6) is 0 Å². The number of rotatable bonds is 5. The molecule has 3 N–H and O–H groups in total. The lowest BCUT2D eigenvalue weighted by Crippen LogP contribution is -2.35. The number of anilines is 4. The summed E-state index contributed by atoms with van der Waals surface area (Å²) in [4.78, 5) is 10.5. The average molecular weight is 462 g/mol. The van der Waals surface area contributed by atoms with Crippen molar-refractivity contribution < 1.29 is 13.2 Å². The molecule has 0 radical (unpaired) electrons. The van der Waals surface area contributed by atoms with E-state index in [1.165, 1.54) is 18.0 Å². The monoisotopic (exact) mass is 461 g/mol. The summed E-state index contributed by atoms with van der Waals surface area (Å²) in [6, 6.07) is 13.5. The second-order valence-corrected chi connectivity index (χ2v) is 8.30. The van der Waals surface area contributed by atoms with Crippen LogP contribution in [0.25, 0.3) is 0 Å². The van der Waals surface area contributed by atoms with Gasteiger partial charge in [0.05, 0.1) is 16.3 Å². The minimum absolute atomic E-state index is 0.0828. The van der Waals surface area contributed by atoms with Gasteiger partial charge in [-0.25, -0.2) is 9.97 Å². The second-order valence-electron chi connectivity index (χ2n) is 7.90. The minimum atomic E-state index is -4.48. The lowest BCUT2D eigenvalue weighted by Gasteiger charge is -2.33. The van der Waals surface area contributed by atoms with Gasteiger partial charge in [-0.3, -0.25) is 0 Å². The molecule has 0 bridgehead atoms. The Labute approximate surface area is 189 Å². The summed E-state index contributed by atoms with van der Waals surface area (Å²) in [5.41, 5.74) is 7.19. The Morgan fingerprint density at radius 3 is 2.47 bits per heavy atom. The first kappa shape index (κ1) is 22.2. The third-order valence-electron chi connectivity index (χ3n) is 5.69. The topological polar surface area (TPSA) is 67.1 Å². The largest absolute Gasteiger partial charge is 0.416 e. The number of nitrogens with zero attached hydrogens (tertiary/aromatic N) is 3. The van der Waals surface area contributed by atoms with Crippen LogP contribution in [0, 0.1) is 5.92 Å². The third kappa shape index (κ3) is 5.07. The van der Waals surface area contributed by atoms with Gasteiger partial charge in [-0.15, -0.1) is 0 Å². The Balaban J connectivity index is 1.47. The Morgan fingerprint density at radius 1 is 1.06 bits per heavy atom. The van der Waals surface area contributed by atoms with Crippen LogP contribution in [0.1, 0.15) is 24.0 Å². The van der Waals surface area contributed by atoms with Crippen LogP contribution in [0.2, 0.25) is 5.02 Å². The summed E-state index contributed by atoms with van der Waals surface area (Å²) < 4.78 is 39.2. The summed E-state index contributed by atoms with van der Waals surface area (Å²) in [6.07, 6.45) is -0.0883. The van der Waals surface area contributed by atoms with Gasteiger partial charge in [0, 0.05) is 13.1 Å². The number of nitrogens with one attached hydrogen (secondary N) is 1. The maximum atomic E-state index is 13.1. The Kier molecular flexibility index (Phi) is 6.41. The average Bonchev–Trinajstić information content (AvgIpc) is 2.77. The van der Waals surface area contributed by atoms with E-state index in [0.29, 0.717) is 11.7 Å². The molecule has 168 valence electrons. The van der Waals surface area contributed by atoms with Gasteiger partial charge in [-0.2, -0.15) is 13.2 Å². The molecule has 2 heterocycles. The van der Waals surface area contributed by atoms with E-state index in [-0.39, 0.29) is 22.2 Å². The molecule has 4 rings (SSSR count). The van der Waals surface area contributed by atoms with Crippen molar-refractivity contribution >= 4 is 34.6 Å². The van der Waals surface area contributed by atoms with E-state index in [0.717, 1.165) is 44.5 Å². The summed E-state index contributed by atoms with van der Waals surface area (Å²) in [5.74, 6) is 1.38. The van der Waals surface area contributed by atoms with Crippen molar-refractivity contribution in [3.63, 3.8) is 0 Å². The van der Waals surface area contributed by atoms with E-state index in [9.17, 15) is 13.2 Å². The van der Waals surface area contributed by atoms with E-state index in [1.807, 2.05) is 6.07 Å². The number of hydrogen-bond donors (Lipinski definition) is 2. The van der Waals surface area contributed by atoms with Crippen molar-refractivity contribution in [2.45, 2.75) is 25.4 Å². The maximum absolute atomic E-state index is 13.1. The molecule has 0 amide bonds. The maximum Gasteiger partial charge on any atom is 0.416 e. The van der Waals surface area contributed by atoms with Crippen molar-refractivity contribution in [1.29, 1.82) is 0 Å². The van der Waals surface area contributed by atoms with Crippen molar-refractivity contribution in [2.24, 2.45) is 5.92 Å². The first-order chi connectivity index (χ1) is 15.3. The summed E-state index contributed by atoms with van der Waals surface area (Å²) in [6.45, 7) is 1.59. The number of nitrogen functional groups attached to an aromatic ring is 1. The number of alkyl halides is 3. The highest BCUT2D eigenvalue weighted by Crippen LogP contribution is 2.37. The smallest absolute Gasteiger partial charge is 0.393 e. The van der Waals surface area contributed by atoms with Crippen LogP contribution < -0.4 is 16.0 Å². The zero-order valence-electron chi connectivity index (χ0n) is 17.2. The molecule has 0 saturated carbocycles. The first-order valence-electron chi connectivity index (χ1n) is 10.3. The van der Waals surface area contributed by atoms with Crippen LogP contribution >= 0.6 is 11.6 Å². The minimum Gasteiger partial charge on any atom is -0.393 e. The van der Waals surface area contributed by atoms with Gasteiger partial charge >= 0.3 is 6.18 Å². The van der Waals surface area contributed by atoms with Crippen molar-refractivity contribution in [2.75, 3.05) is 29.0 Å². The van der Waals surface area contributed by atoms with Crippen molar-refractivity contribution in [3.05, 3.63) is 71.0 Å². The van der Waals surface area contributed by atoms with Gasteiger partial charge in [-0.05, 0) is 48.9 Å².